The number of rotatable bonds is 5. The summed E-state index contributed by atoms with van der Waals surface area (Å²) in [7, 11) is -1.40. The van der Waals surface area contributed by atoms with Gasteiger partial charge in [-0.3, -0.25) is 0 Å². The van der Waals surface area contributed by atoms with Crippen molar-refractivity contribution in [2.45, 2.75) is 10.6 Å². The maximum Gasteiger partial charge on any atom is 0.488 e. The van der Waals surface area contributed by atoms with Crippen molar-refractivity contribution in [2.24, 2.45) is 0 Å². The summed E-state index contributed by atoms with van der Waals surface area (Å²) in [5.41, 5.74) is 1.73. The fraction of sp³-hybridized carbons (Fsp3) is 0.158. The van der Waals surface area contributed by atoms with Crippen LogP contribution in [0.2, 0.25) is 0 Å². The number of hydrogen-bond acceptors (Lipinski definition) is 5. The second-order valence-corrected chi connectivity index (χ2v) is 8.36. The van der Waals surface area contributed by atoms with E-state index in [1.54, 1.807) is 30.3 Å². The maximum atomic E-state index is 13.0. The topological polar surface area (TPSA) is 77.8 Å². The molecule has 3 rings (SSSR count). The van der Waals surface area contributed by atoms with Gasteiger partial charge in [0, 0.05) is 30.6 Å². The lowest BCUT2D eigenvalue weighted by Crippen LogP contribution is -2.30. The van der Waals surface area contributed by atoms with Crippen molar-refractivity contribution in [1.29, 1.82) is 0 Å². The Morgan fingerprint density at radius 3 is 2.27 bits per heavy atom. The van der Waals surface area contributed by atoms with Crippen LogP contribution in [0.25, 0.3) is 10.8 Å². The molecule has 5 nitrogen and oxygen atoms in total. The van der Waals surface area contributed by atoms with Crippen molar-refractivity contribution in [3.8, 4) is 0 Å². The number of sulfone groups is 1. The van der Waals surface area contributed by atoms with E-state index >= 15 is 0 Å². The molecule has 3 aromatic carbocycles. The molecule has 0 aromatic heterocycles. The molecule has 0 bridgehead atoms. The molecule has 2 N–H and O–H groups in total. The van der Waals surface area contributed by atoms with Crippen molar-refractivity contribution in [3.63, 3.8) is 0 Å². The van der Waals surface area contributed by atoms with Crippen LogP contribution in [0.4, 0.5) is 5.69 Å². The third-order valence-electron chi connectivity index (χ3n) is 4.28. The molecular weight excluding hydrogens is 349 g/mol. The minimum absolute atomic E-state index is 0.209. The zero-order chi connectivity index (χ0) is 18.9. The van der Waals surface area contributed by atoms with Gasteiger partial charge in [0.05, 0.1) is 10.6 Å². The smallest absolute Gasteiger partial charge is 0.423 e. The second kappa shape index (κ2) is 7.11. The van der Waals surface area contributed by atoms with Crippen LogP contribution < -0.4 is 10.4 Å². The molecule has 26 heavy (non-hydrogen) atoms. The SMILES string of the molecule is CN(C)c1cccc2c(S(=O)(=O)Cc3cccc(B(O)O)c3)cccc12. The summed E-state index contributed by atoms with van der Waals surface area (Å²) in [6.45, 7) is 0. The van der Waals surface area contributed by atoms with Gasteiger partial charge in [-0.25, -0.2) is 8.42 Å². The zero-order valence-electron chi connectivity index (χ0n) is 14.6. The number of nitrogens with zero attached hydrogens (tertiary/aromatic N) is 1. The van der Waals surface area contributed by atoms with Gasteiger partial charge in [0.15, 0.2) is 9.84 Å². The summed E-state index contributed by atoms with van der Waals surface area (Å²) < 4.78 is 26.1. The highest BCUT2D eigenvalue weighted by Gasteiger charge is 2.20. The summed E-state index contributed by atoms with van der Waals surface area (Å²) in [5.74, 6) is -0.209. The fourth-order valence-electron chi connectivity index (χ4n) is 3.07. The average Bonchev–Trinajstić information content (AvgIpc) is 2.60. The molecule has 0 aliphatic heterocycles. The molecule has 0 heterocycles. The highest BCUT2D eigenvalue weighted by Crippen LogP contribution is 2.31. The largest absolute Gasteiger partial charge is 0.488 e. The van der Waals surface area contributed by atoms with Gasteiger partial charge in [-0.1, -0.05) is 48.5 Å². The molecule has 0 saturated heterocycles. The molecular formula is C19H20BNO4S. The predicted octanol–water partition coefficient (Wildman–Crippen LogP) is 1.56. The Labute approximate surface area is 153 Å². The van der Waals surface area contributed by atoms with Crippen LogP contribution in [0.5, 0.6) is 0 Å². The molecule has 0 radical (unpaired) electrons. The van der Waals surface area contributed by atoms with Gasteiger partial charge in [0.1, 0.15) is 0 Å². The lowest BCUT2D eigenvalue weighted by molar-refractivity contribution is 0.425. The fourth-order valence-corrected chi connectivity index (χ4v) is 4.64. The van der Waals surface area contributed by atoms with Crippen molar-refractivity contribution in [3.05, 3.63) is 66.2 Å². The molecule has 0 fully saturated rings. The molecule has 0 aliphatic rings. The molecule has 7 heteroatoms. The predicted molar refractivity (Wildman–Crippen MR) is 105 cm³/mol. The molecule has 0 saturated carbocycles. The zero-order valence-corrected chi connectivity index (χ0v) is 15.4. The standard InChI is InChI=1S/C19H20BNO4S/c1-21(2)18-10-4-9-17-16(18)8-5-11-19(17)26(24,25)13-14-6-3-7-15(12-14)20(22)23/h3-12,22-23H,13H2,1-2H3. The third-order valence-corrected chi connectivity index (χ3v) is 6.02. The molecule has 3 aromatic rings. The third kappa shape index (κ3) is 3.60. The lowest BCUT2D eigenvalue weighted by atomic mass is 9.80. The van der Waals surface area contributed by atoms with Crippen molar-refractivity contribution >= 4 is 38.9 Å². The van der Waals surface area contributed by atoms with Crippen LogP contribution in [-0.4, -0.2) is 39.7 Å². The first-order valence-corrected chi connectivity index (χ1v) is 9.81. The minimum atomic E-state index is -3.61. The van der Waals surface area contributed by atoms with Gasteiger partial charge in [0.2, 0.25) is 0 Å². The van der Waals surface area contributed by atoms with Crippen LogP contribution in [0.15, 0.2) is 65.6 Å². The monoisotopic (exact) mass is 369 g/mol. The first kappa shape index (κ1) is 18.4. The molecule has 0 unspecified atom stereocenters. The molecule has 0 aliphatic carbocycles. The first-order chi connectivity index (χ1) is 12.3. The van der Waals surface area contributed by atoms with Crippen LogP contribution in [0.1, 0.15) is 5.56 Å². The number of benzene rings is 3. The molecule has 0 atom stereocenters. The van der Waals surface area contributed by atoms with Crippen molar-refractivity contribution in [1.82, 2.24) is 0 Å². The van der Waals surface area contributed by atoms with E-state index in [0.717, 1.165) is 11.1 Å². The summed E-state index contributed by atoms with van der Waals surface area (Å²) >= 11 is 0. The Balaban J connectivity index is 2.08. The van der Waals surface area contributed by atoms with Gasteiger partial charge < -0.3 is 14.9 Å². The molecule has 0 spiro atoms. The summed E-state index contributed by atoms with van der Waals surface area (Å²) in [6, 6.07) is 17.2. The van der Waals surface area contributed by atoms with Gasteiger partial charge in [0.25, 0.3) is 0 Å². The van der Waals surface area contributed by atoms with Crippen LogP contribution >= 0.6 is 0 Å². The Bertz CT molecular complexity index is 1050. The highest BCUT2D eigenvalue weighted by atomic mass is 32.2. The van der Waals surface area contributed by atoms with E-state index in [-0.39, 0.29) is 16.1 Å². The lowest BCUT2D eigenvalue weighted by Gasteiger charge is -2.17. The normalized spacial score (nSPS) is 11.5. The van der Waals surface area contributed by atoms with E-state index in [2.05, 4.69) is 0 Å². The van der Waals surface area contributed by atoms with E-state index in [1.165, 1.54) is 6.07 Å². The first-order valence-electron chi connectivity index (χ1n) is 8.16. The minimum Gasteiger partial charge on any atom is -0.423 e. The second-order valence-electron chi connectivity index (χ2n) is 6.40. The Hall–Kier alpha value is -2.35. The number of hydrogen-bond donors (Lipinski definition) is 2. The van der Waals surface area contributed by atoms with E-state index in [4.69, 9.17) is 0 Å². The summed E-state index contributed by atoms with van der Waals surface area (Å²) in [6.07, 6.45) is 0. The van der Waals surface area contributed by atoms with E-state index in [1.807, 2.05) is 43.3 Å². The van der Waals surface area contributed by atoms with Crippen LogP contribution in [0, 0.1) is 0 Å². The van der Waals surface area contributed by atoms with E-state index in [0.29, 0.717) is 10.9 Å². The number of fused-ring (bicyclic) bond motifs is 1. The average molecular weight is 369 g/mol. The van der Waals surface area contributed by atoms with Crippen LogP contribution in [-0.2, 0) is 15.6 Å². The van der Waals surface area contributed by atoms with E-state index < -0.39 is 17.0 Å². The van der Waals surface area contributed by atoms with Gasteiger partial charge in [-0.2, -0.15) is 0 Å². The molecule has 0 amide bonds. The van der Waals surface area contributed by atoms with Crippen LogP contribution in [0.3, 0.4) is 0 Å². The van der Waals surface area contributed by atoms with E-state index in [9.17, 15) is 18.5 Å². The van der Waals surface area contributed by atoms with Gasteiger partial charge >= 0.3 is 7.12 Å². The summed E-state index contributed by atoms with van der Waals surface area (Å²) in [5, 5.41) is 20.1. The Kier molecular flexibility index (Phi) is 5.04. The maximum absolute atomic E-state index is 13.0. The Morgan fingerprint density at radius 2 is 1.58 bits per heavy atom. The van der Waals surface area contributed by atoms with Crippen molar-refractivity contribution in [2.75, 3.05) is 19.0 Å². The van der Waals surface area contributed by atoms with Gasteiger partial charge in [-0.05, 0) is 23.2 Å². The van der Waals surface area contributed by atoms with Gasteiger partial charge in [-0.15, -0.1) is 0 Å². The summed E-state index contributed by atoms with van der Waals surface area (Å²) in [4.78, 5) is 2.22. The quantitative estimate of drug-likeness (QED) is 0.668. The Morgan fingerprint density at radius 1 is 0.923 bits per heavy atom. The number of anilines is 1. The van der Waals surface area contributed by atoms with Crippen molar-refractivity contribution < 1.29 is 18.5 Å². The highest BCUT2D eigenvalue weighted by molar-refractivity contribution is 7.90. The molecule has 134 valence electrons.